The normalized spacial score (nSPS) is 20.3. The molecule has 5 nitrogen and oxygen atoms in total. The lowest BCUT2D eigenvalue weighted by Gasteiger charge is -2.24. The highest BCUT2D eigenvalue weighted by atomic mass is 35.5. The van der Waals surface area contributed by atoms with Gasteiger partial charge in [0.1, 0.15) is 0 Å². The van der Waals surface area contributed by atoms with Crippen molar-refractivity contribution in [3.8, 4) is 0 Å². The van der Waals surface area contributed by atoms with Gasteiger partial charge in [-0.2, -0.15) is 0 Å². The minimum absolute atomic E-state index is 0. The van der Waals surface area contributed by atoms with Gasteiger partial charge in [0.2, 0.25) is 5.91 Å². The number of carbonyl (C=O) groups excluding carboxylic acids is 1. The van der Waals surface area contributed by atoms with Crippen molar-refractivity contribution in [3.05, 3.63) is 0 Å². The average Bonchev–Trinajstić information content (AvgIpc) is 2.79. The summed E-state index contributed by atoms with van der Waals surface area (Å²) in [6.45, 7) is 5.80. The van der Waals surface area contributed by atoms with Crippen LogP contribution in [0.3, 0.4) is 0 Å². The number of nitrogens with one attached hydrogen (secondary N) is 1. The van der Waals surface area contributed by atoms with Gasteiger partial charge in [-0.1, -0.05) is 6.92 Å². The van der Waals surface area contributed by atoms with Gasteiger partial charge in [0.25, 0.3) is 0 Å². The first-order chi connectivity index (χ1) is 8.19. The van der Waals surface area contributed by atoms with Crippen LogP contribution in [0.4, 0.5) is 0 Å². The Morgan fingerprint density at radius 3 is 2.79 bits per heavy atom. The van der Waals surface area contributed by atoms with E-state index in [4.69, 9.17) is 10.5 Å². The van der Waals surface area contributed by atoms with E-state index in [2.05, 4.69) is 10.2 Å². The number of ether oxygens (including phenoxy) is 1. The van der Waals surface area contributed by atoms with Crippen LogP contribution >= 0.6 is 24.8 Å². The van der Waals surface area contributed by atoms with Gasteiger partial charge in [0.15, 0.2) is 0 Å². The van der Waals surface area contributed by atoms with E-state index < -0.39 is 0 Å². The lowest BCUT2D eigenvalue weighted by molar-refractivity contribution is -0.124. The topological polar surface area (TPSA) is 67.6 Å². The Balaban J connectivity index is 0. The van der Waals surface area contributed by atoms with E-state index in [1.54, 1.807) is 7.11 Å². The molecule has 1 amide bonds. The first kappa shape index (κ1) is 21.2. The number of carbonyl (C=O) groups is 1. The maximum absolute atomic E-state index is 11.6. The first-order valence-corrected chi connectivity index (χ1v) is 6.39. The van der Waals surface area contributed by atoms with E-state index in [1.807, 2.05) is 6.92 Å². The summed E-state index contributed by atoms with van der Waals surface area (Å²) in [5.41, 5.74) is 5.46. The molecule has 2 atom stereocenters. The molecule has 3 N–H and O–H groups in total. The standard InChI is InChI=1S/C12H25N3O2.2ClH/c1-10(8-13)12(16)14-9-11-4-3-5-15(11)6-7-17-2;;/h10-11H,3-9,13H2,1-2H3,(H,14,16);2*1H. The largest absolute Gasteiger partial charge is 0.383 e. The zero-order valence-corrected chi connectivity index (χ0v) is 13.4. The molecule has 0 aromatic heterocycles. The van der Waals surface area contributed by atoms with Crippen molar-refractivity contribution in [2.24, 2.45) is 11.7 Å². The molecule has 0 radical (unpaired) electrons. The summed E-state index contributed by atoms with van der Waals surface area (Å²) in [6, 6.07) is 0.457. The second kappa shape index (κ2) is 11.7. The molecule has 7 heteroatoms. The third-order valence-electron chi connectivity index (χ3n) is 3.39. The zero-order valence-electron chi connectivity index (χ0n) is 11.8. The van der Waals surface area contributed by atoms with Gasteiger partial charge in [-0.3, -0.25) is 9.69 Å². The van der Waals surface area contributed by atoms with Gasteiger partial charge in [0, 0.05) is 38.7 Å². The summed E-state index contributed by atoms with van der Waals surface area (Å²) in [5.74, 6) is -0.0325. The van der Waals surface area contributed by atoms with Gasteiger partial charge in [-0.25, -0.2) is 0 Å². The van der Waals surface area contributed by atoms with Crippen LogP contribution < -0.4 is 11.1 Å². The third kappa shape index (κ3) is 7.32. The fraction of sp³-hybridized carbons (Fsp3) is 0.917. The van der Waals surface area contributed by atoms with Crippen LogP contribution in [0.25, 0.3) is 0 Å². The second-order valence-corrected chi connectivity index (χ2v) is 4.71. The molecule has 116 valence electrons. The molecular weight excluding hydrogens is 289 g/mol. The van der Waals surface area contributed by atoms with Crippen LogP contribution in [-0.2, 0) is 9.53 Å². The summed E-state index contributed by atoms with van der Waals surface area (Å²) in [4.78, 5) is 14.0. The van der Waals surface area contributed by atoms with Crippen LogP contribution in [0.1, 0.15) is 19.8 Å². The van der Waals surface area contributed by atoms with Crippen molar-refractivity contribution in [2.75, 3.05) is 39.9 Å². The summed E-state index contributed by atoms with van der Waals surface area (Å²) >= 11 is 0. The molecule has 1 aliphatic heterocycles. The lowest BCUT2D eigenvalue weighted by Crippen LogP contribution is -2.43. The third-order valence-corrected chi connectivity index (χ3v) is 3.39. The predicted octanol–water partition coefficient (Wildman–Crippen LogP) is 0.652. The summed E-state index contributed by atoms with van der Waals surface area (Å²) in [5, 5.41) is 2.98. The lowest BCUT2D eigenvalue weighted by atomic mass is 10.1. The van der Waals surface area contributed by atoms with Crippen LogP contribution in [0.5, 0.6) is 0 Å². The molecule has 2 unspecified atom stereocenters. The highest BCUT2D eigenvalue weighted by Gasteiger charge is 2.24. The maximum Gasteiger partial charge on any atom is 0.224 e. The average molecular weight is 316 g/mol. The molecule has 0 aromatic rings. The van der Waals surface area contributed by atoms with Crippen LogP contribution in [-0.4, -0.2) is 56.7 Å². The van der Waals surface area contributed by atoms with E-state index >= 15 is 0 Å². The van der Waals surface area contributed by atoms with Crippen molar-refractivity contribution in [2.45, 2.75) is 25.8 Å². The number of methoxy groups -OCH3 is 1. The predicted molar refractivity (Wildman–Crippen MR) is 82.2 cm³/mol. The minimum Gasteiger partial charge on any atom is -0.383 e. The number of nitrogens with two attached hydrogens (primary N) is 1. The monoisotopic (exact) mass is 315 g/mol. The minimum atomic E-state index is -0.0937. The summed E-state index contributed by atoms with van der Waals surface area (Å²) in [7, 11) is 1.72. The number of hydrogen-bond donors (Lipinski definition) is 2. The Morgan fingerprint density at radius 1 is 1.53 bits per heavy atom. The van der Waals surface area contributed by atoms with Gasteiger partial charge in [-0.15, -0.1) is 24.8 Å². The first-order valence-electron chi connectivity index (χ1n) is 6.39. The molecule has 19 heavy (non-hydrogen) atoms. The maximum atomic E-state index is 11.6. The van der Waals surface area contributed by atoms with Gasteiger partial charge in [0.05, 0.1) is 6.61 Å². The van der Waals surface area contributed by atoms with E-state index in [0.717, 1.165) is 32.7 Å². The van der Waals surface area contributed by atoms with E-state index in [1.165, 1.54) is 6.42 Å². The molecule has 1 saturated heterocycles. The fourth-order valence-corrected chi connectivity index (χ4v) is 2.13. The fourth-order valence-electron chi connectivity index (χ4n) is 2.13. The Hall–Kier alpha value is -0.0700. The van der Waals surface area contributed by atoms with Gasteiger partial charge >= 0.3 is 0 Å². The van der Waals surface area contributed by atoms with E-state index in [-0.39, 0.29) is 36.6 Å². The van der Waals surface area contributed by atoms with Crippen molar-refractivity contribution in [1.29, 1.82) is 0 Å². The van der Waals surface area contributed by atoms with Crippen LogP contribution in [0.2, 0.25) is 0 Å². The molecule has 0 bridgehead atoms. The second-order valence-electron chi connectivity index (χ2n) is 4.71. The van der Waals surface area contributed by atoms with Crippen LogP contribution in [0, 0.1) is 5.92 Å². The SMILES string of the molecule is COCCN1CCCC1CNC(=O)C(C)CN.Cl.Cl. The Labute approximate surface area is 128 Å². The quantitative estimate of drug-likeness (QED) is 0.724. The van der Waals surface area contributed by atoms with E-state index in [9.17, 15) is 4.79 Å². The molecule has 1 aliphatic rings. The zero-order chi connectivity index (χ0) is 12.7. The molecule has 0 saturated carbocycles. The van der Waals surface area contributed by atoms with Gasteiger partial charge < -0.3 is 15.8 Å². The summed E-state index contributed by atoms with van der Waals surface area (Å²) in [6.07, 6.45) is 2.36. The number of hydrogen-bond acceptors (Lipinski definition) is 4. The smallest absolute Gasteiger partial charge is 0.224 e. The van der Waals surface area contributed by atoms with Gasteiger partial charge in [-0.05, 0) is 19.4 Å². The van der Waals surface area contributed by atoms with Crippen molar-refractivity contribution in [1.82, 2.24) is 10.2 Å². The molecule has 1 fully saturated rings. The Kier molecular flexibility index (Phi) is 13.1. The molecule has 0 aliphatic carbocycles. The molecule has 0 spiro atoms. The highest BCUT2D eigenvalue weighted by molar-refractivity contribution is 5.85. The number of halogens is 2. The number of nitrogens with zero attached hydrogens (tertiary/aromatic N) is 1. The number of rotatable bonds is 7. The van der Waals surface area contributed by atoms with Crippen molar-refractivity contribution < 1.29 is 9.53 Å². The molecular formula is C12H27Cl2N3O2. The number of likely N-dealkylation sites (tertiary alicyclic amines) is 1. The highest BCUT2D eigenvalue weighted by Crippen LogP contribution is 2.15. The van der Waals surface area contributed by atoms with E-state index in [0.29, 0.717) is 12.6 Å². The molecule has 1 rings (SSSR count). The summed E-state index contributed by atoms with van der Waals surface area (Å²) < 4.78 is 5.09. The molecule has 0 aromatic carbocycles. The van der Waals surface area contributed by atoms with Crippen molar-refractivity contribution in [3.63, 3.8) is 0 Å². The molecule has 1 heterocycles. The Bertz CT molecular complexity index is 245. The van der Waals surface area contributed by atoms with Crippen molar-refractivity contribution >= 4 is 30.7 Å². The van der Waals surface area contributed by atoms with Crippen LogP contribution in [0.15, 0.2) is 0 Å². The Morgan fingerprint density at radius 2 is 2.21 bits per heavy atom. The number of amides is 1.